The molecular formula is C7H12N2. The van der Waals surface area contributed by atoms with Crippen molar-refractivity contribution in [3.05, 3.63) is 0 Å². The lowest BCUT2D eigenvalue weighted by Gasteiger charge is -2.10. The van der Waals surface area contributed by atoms with E-state index in [1.807, 2.05) is 11.8 Å². The fourth-order valence-electron chi connectivity index (χ4n) is 0.853. The zero-order valence-corrected chi connectivity index (χ0v) is 5.80. The number of hydrogen-bond donors (Lipinski definition) is 0. The van der Waals surface area contributed by atoms with Crippen LogP contribution in [0.25, 0.3) is 0 Å². The highest BCUT2D eigenvalue weighted by Crippen LogP contribution is 2.29. The molecule has 0 unspecified atom stereocenters. The normalized spacial score (nSPS) is 16.9. The smallest absolute Gasteiger partial charge is 0.179 e. The number of hydrogen-bond acceptors (Lipinski definition) is 2. The molecule has 1 aliphatic carbocycles. The van der Waals surface area contributed by atoms with Gasteiger partial charge < -0.3 is 4.90 Å². The summed E-state index contributed by atoms with van der Waals surface area (Å²) >= 11 is 0. The molecule has 0 aromatic heterocycles. The Hall–Kier alpha value is -0.710. The molecular weight excluding hydrogens is 112 g/mol. The lowest BCUT2D eigenvalue weighted by atomic mass is 10.4. The molecule has 0 saturated heterocycles. The summed E-state index contributed by atoms with van der Waals surface area (Å²) in [6.45, 7) is 3.88. The first-order valence-corrected chi connectivity index (χ1v) is 3.51. The predicted molar refractivity (Wildman–Crippen MR) is 35.6 cm³/mol. The van der Waals surface area contributed by atoms with E-state index < -0.39 is 0 Å². The maximum Gasteiger partial charge on any atom is 0.179 e. The van der Waals surface area contributed by atoms with E-state index in [9.17, 15) is 0 Å². The number of nitriles is 1. The Morgan fingerprint density at radius 2 is 2.33 bits per heavy atom. The highest BCUT2D eigenvalue weighted by Gasteiger charge is 2.22. The van der Waals surface area contributed by atoms with Crippen LogP contribution in [0.4, 0.5) is 0 Å². The molecule has 0 spiro atoms. The third-order valence-electron chi connectivity index (χ3n) is 1.70. The minimum atomic E-state index is 0.838. The van der Waals surface area contributed by atoms with E-state index in [1.54, 1.807) is 0 Å². The summed E-state index contributed by atoms with van der Waals surface area (Å²) in [5.74, 6) is 0.838. The second kappa shape index (κ2) is 2.72. The molecule has 1 fully saturated rings. The SMILES string of the molecule is CCN(C#N)CC1CC1. The first-order valence-electron chi connectivity index (χ1n) is 3.51. The van der Waals surface area contributed by atoms with Gasteiger partial charge in [-0.15, -0.1) is 0 Å². The molecule has 0 radical (unpaired) electrons. The Morgan fingerprint density at radius 1 is 1.67 bits per heavy atom. The van der Waals surface area contributed by atoms with Crippen molar-refractivity contribution in [2.24, 2.45) is 5.92 Å². The quantitative estimate of drug-likeness (QED) is 0.417. The summed E-state index contributed by atoms with van der Waals surface area (Å²) in [4.78, 5) is 1.82. The molecule has 0 aliphatic heterocycles. The molecule has 1 aliphatic rings. The van der Waals surface area contributed by atoms with E-state index in [0.29, 0.717) is 0 Å². The highest BCUT2D eigenvalue weighted by atomic mass is 15.1. The minimum Gasteiger partial charge on any atom is -0.311 e. The fraction of sp³-hybridized carbons (Fsp3) is 0.857. The monoisotopic (exact) mass is 124 g/mol. The van der Waals surface area contributed by atoms with Gasteiger partial charge in [-0.05, 0) is 25.7 Å². The molecule has 2 nitrogen and oxygen atoms in total. The van der Waals surface area contributed by atoms with E-state index in [2.05, 4.69) is 6.19 Å². The summed E-state index contributed by atoms with van der Waals surface area (Å²) in [6.07, 6.45) is 4.82. The molecule has 50 valence electrons. The van der Waals surface area contributed by atoms with Crippen LogP contribution >= 0.6 is 0 Å². The van der Waals surface area contributed by atoms with Crippen LogP contribution in [0.3, 0.4) is 0 Å². The molecule has 0 aromatic rings. The van der Waals surface area contributed by atoms with Gasteiger partial charge >= 0.3 is 0 Å². The lowest BCUT2D eigenvalue weighted by Crippen LogP contribution is -2.19. The molecule has 0 heterocycles. The van der Waals surface area contributed by atoms with Crippen LogP contribution in [-0.4, -0.2) is 18.0 Å². The van der Waals surface area contributed by atoms with Crippen LogP contribution in [0, 0.1) is 17.4 Å². The predicted octanol–water partition coefficient (Wildman–Crippen LogP) is 1.20. The van der Waals surface area contributed by atoms with Crippen molar-refractivity contribution in [1.82, 2.24) is 4.90 Å². The van der Waals surface area contributed by atoms with Gasteiger partial charge in [-0.1, -0.05) is 0 Å². The van der Waals surface area contributed by atoms with Crippen LogP contribution in [0.5, 0.6) is 0 Å². The van der Waals surface area contributed by atoms with Crippen LogP contribution in [0.15, 0.2) is 0 Å². The first kappa shape index (κ1) is 6.41. The van der Waals surface area contributed by atoms with Crippen molar-refractivity contribution >= 4 is 0 Å². The van der Waals surface area contributed by atoms with Gasteiger partial charge in [-0.25, -0.2) is 0 Å². The van der Waals surface area contributed by atoms with Crippen molar-refractivity contribution < 1.29 is 0 Å². The molecule has 0 atom stereocenters. The average molecular weight is 124 g/mol. The summed E-state index contributed by atoms with van der Waals surface area (Å²) in [7, 11) is 0. The molecule has 0 bridgehead atoms. The molecule has 0 amide bonds. The van der Waals surface area contributed by atoms with Crippen LogP contribution in [0.2, 0.25) is 0 Å². The second-order valence-corrected chi connectivity index (χ2v) is 2.58. The van der Waals surface area contributed by atoms with Crippen LogP contribution < -0.4 is 0 Å². The minimum absolute atomic E-state index is 0.838. The summed E-state index contributed by atoms with van der Waals surface area (Å²) in [6, 6.07) is 0. The average Bonchev–Trinajstić information content (AvgIpc) is 2.66. The molecule has 0 aromatic carbocycles. The molecule has 2 heteroatoms. The zero-order valence-electron chi connectivity index (χ0n) is 5.80. The molecule has 0 N–H and O–H groups in total. The van der Waals surface area contributed by atoms with Gasteiger partial charge in [0.25, 0.3) is 0 Å². The van der Waals surface area contributed by atoms with Gasteiger partial charge in [-0.2, -0.15) is 5.26 Å². The first-order chi connectivity index (χ1) is 4.36. The van der Waals surface area contributed by atoms with Gasteiger partial charge in [0, 0.05) is 13.1 Å². The lowest BCUT2D eigenvalue weighted by molar-refractivity contribution is 0.394. The highest BCUT2D eigenvalue weighted by molar-refractivity contribution is 4.82. The Morgan fingerprint density at radius 3 is 2.67 bits per heavy atom. The van der Waals surface area contributed by atoms with E-state index >= 15 is 0 Å². The second-order valence-electron chi connectivity index (χ2n) is 2.58. The Balaban J connectivity index is 2.14. The third-order valence-corrected chi connectivity index (χ3v) is 1.70. The van der Waals surface area contributed by atoms with Gasteiger partial charge in [-0.3, -0.25) is 0 Å². The Bertz CT molecular complexity index is 121. The number of rotatable bonds is 3. The van der Waals surface area contributed by atoms with E-state index in [0.717, 1.165) is 19.0 Å². The summed E-state index contributed by atoms with van der Waals surface area (Å²) in [5, 5.41) is 8.48. The Kier molecular flexibility index (Phi) is 1.94. The molecule has 1 rings (SSSR count). The van der Waals surface area contributed by atoms with Crippen molar-refractivity contribution in [2.45, 2.75) is 19.8 Å². The van der Waals surface area contributed by atoms with Crippen molar-refractivity contribution in [3.63, 3.8) is 0 Å². The topological polar surface area (TPSA) is 27.0 Å². The van der Waals surface area contributed by atoms with Crippen LogP contribution in [0.1, 0.15) is 19.8 Å². The van der Waals surface area contributed by atoms with Gasteiger partial charge in [0.05, 0.1) is 0 Å². The summed E-state index contributed by atoms with van der Waals surface area (Å²) in [5.41, 5.74) is 0. The van der Waals surface area contributed by atoms with Crippen molar-refractivity contribution in [3.8, 4) is 6.19 Å². The van der Waals surface area contributed by atoms with E-state index in [4.69, 9.17) is 5.26 Å². The van der Waals surface area contributed by atoms with Gasteiger partial charge in [0.15, 0.2) is 6.19 Å². The van der Waals surface area contributed by atoms with Crippen molar-refractivity contribution in [1.29, 1.82) is 5.26 Å². The molecule has 9 heavy (non-hydrogen) atoms. The van der Waals surface area contributed by atoms with E-state index in [-0.39, 0.29) is 0 Å². The van der Waals surface area contributed by atoms with E-state index in [1.165, 1.54) is 12.8 Å². The number of nitrogens with zero attached hydrogens (tertiary/aromatic N) is 2. The standard InChI is InChI=1S/C7H12N2/c1-2-9(6-8)5-7-3-4-7/h7H,2-5H2,1H3. The largest absolute Gasteiger partial charge is 0.311 e. The fourth-order valence-corrected chi connectivity index (χ4v) is 0.853. The zero-order chi connectivity index (χ0) is 6.69. The Labute approximate surface area is 56.1 Å². The van der Waals surface area contributed by atoms with Crippen LogP contribution in [-0.2, 0) is 0 Å². The maximum absolute atomic E-state index is 8.48. The third kappa shape index (κ3) is 1.93. The summed E-state index contributed by atoms with van der Waals surface area (Å²) < 4.78 is 0. The maximum atomic E-state index is 8.48. The van der Waals surface area contributed by atoms with Gasteiger partial charge in [0.1, 0.15) is 0 Å². The molecule has 1 saturated carbocycles. The van der Waals surface area contributed by atoms with Crippen molar-refractivity contribution in [2.75, 3.05) is 13.1 Å². The van der Waals surface area contributed by atoms with Gasteiger partial charge in [0.2, 0.25) is 0 Å².